The number of aromatic nitrogens is 1. The van der Waals surface area contributed by atoms with Crippen LogP contribution in [0.1, 0.15) is 27.2 Å². The summed E-state index contributed by atoms with van der Waals surface area (Å²) >= 11 is 0. The van der Waals surface area contributed by atoms with Crippen LogP contribution in [0.3, 0.4) is 0 Å². The molecule has 2 heterocycles. The van der Waals surface area contributed by atoms with Gasteiger partial charge in [-0.2, -0.15) is 0 Å². The molecule has 24 heavy (non-hydrogen) atoms. The van der Waals surface area contributed by atoms with Crippen LogP contribution in [0.15, 0.2) is 48.5 Å². The molecule has 4 heteroatoms. The Kier molecular flexibility index (Phi) is 3.53. The van der Waals surface area contributed by atoms with Crippen LogP contribution in [-0.2, 0) is 13.0 Å². The number of fused-ring (bicyclic) bond motifs is 2. The summed E-state index contributed by atoms with van der Waals surface area (Å²) in [5.41, 5.74) is 4.42. The molecular formula is C20H17FN2O. The Morgan fingerprint density at radius 1 is 1.12 bits per heavy atom. The number of carbonyl (C=O) groups is 1. The summed E-state index contributed by atoms with van der Waals surface area (Å²) in [7, 11) is 0. The number of benzene rings is 2. The Hall–Kier alpha value is -2.75. The van der Waals surface area contributed by atoms with Crippen LogP contribution in [0.2, 0.25) is 0 Å². The van der Waals surface area contributed by atoms with E-state index in [1.165, 1.54) is 23.3 Å². The van der Waals surface area contributed by atoms with Gasteiger partial charge in [-0.1, -0.05) is 24.3 Å². The fourth-order valence-corrected chi connectivity index (χ4v) is 3.30. The zero-order chi connectivity index (χ0) is 16.7. The summed E-state index contributed by atoms with van der Waals surface area (Å²) in [6, 6.07) is 14.4. The van der Waals surface area contributed by atoms with Crippen molar-refractivity contribution in [3.05, 3.63) is 76.7 Å². The maximum absolute atomic E-state index is 13.5. The number of hydrogen-bond donors (Lipinski definition) is 0. The smallest absolute Gasteiger partial charge is 0.256 e. The van der Waals surface area contributed by atoms with Gasteiger partial charge in [0.05, 0.1) is 16.8 Å². The van der Waals surface area contributed by atoms with Crippen molar-refractivity contribution in [1.82, 2.24) is 9.88 Å². The normalized spacial score (nSPS) is 13.8. The third-order valence-electron chi connectivity index (χ3n) is 4.62. The minimum Gasteiger partial charge on any atom is -0.334 e. The second kappa shape index (κ2) is 5.71. The number of halogens is 1. The van der Waals surface area contributed by atoms with Gasteiger partial charge in [-0.15, -0.1) is 0 Å². The third kappa shape index (κ3) is 2.54. The van der Waals surface area contributed by atoms with Crippen LogP contribution in [-0.4, -0.2) is 22.3 Å². The predicted octanol–water partition coefficient (Wildman–Crippen LogP) is 3.88. The molecule has 0 fully saturated rings. The SMILES string of the molecule is Cc1nc2ccc(F)cc2cc1C(=O)N1CCc2ccccc2C1. The molecule has 0 atom stereocenters. The van der Waals surface area contributed by atoms with Gasteiger partial charge in [-0.05, 0) is 48.7 Å². The molecule has 0 spiro atoms. The van der Waals surface area contributed by atoms with Crippen LogP contribution >= 0.6 is 0 Å². The molecule has 0 bridgehead atoms. The maximum atomic E-state index is 13.5. The molecule has 0 radical (unpaired) electrons. The van der Waals surface area contributed by atoms with E-state index in [0.717, 1.165) is 6.42 Å². The van der Waals surface area contributed by atoms with Gasteiger partial charge < -0.3 is 4.90 Å². The van der Waals surface area contributed by atoms with Gasteiger partial charge in [-0.3, -0.25) is 9.78 Å². The Bertz CT molecular complexity index is 952. The molecule has 4 rings (SSSR count). The van der Waals surface area contributed by atoms with Crippen LogP contribution in [0.25, 0.3) is 10.9 Å². The lowest BCUT2D eigenvalue weighted by Gasteiger charge is -2.29. The van der Waals surface area contributed by atoms with Gasteiger partial charge in [0, 0.05) is 18.5 Å². The van der Waals surface area contributed by atoms with Crippen LogP contribution in [0, 0.1) is 12.7 Å². The van der Waals surface area contributed by atoms with Crippen molar-refractivity contribution in [3.63, 3.8) is 0 Å². The first-order chi connectivity index (χ1) is 11.6. The van der Waals surface area contributed by atoms with Crippen molar-refractivity contribution < 1.29 is 9.18 Å². The first-order valence-corrected chi connectivity index (χ1v) is 8.05. The molecule has 0 saturated carbocycles. The largest absolute Gasteiger partial charge is 0.334 e. The van der Waals surface area contributed by atoms with Crippen LogP contribution in [0.4, 0.5) is 4.39 Å². The Labute approximate surface area is 139 Å². The topological polar surface area (TPSA) is 33.2 Å². The highest BCUT2D eigenvalue weighted by Gasteiger charge is 2.23. The van der Waals surface area contributed by atoms with Gasteiger partial charge in [0.25, 0.3) is 5.91 Å². The number of amides is 1. The average molecular weight is 320 g/mol. The Morgan fingerprint density at radius 3 is 2.75 bits per heavy atom. The fraction of sp³-hybridized carbons (Fsp3) is 0.200. The zero-order valence-electron chi connectivity index (χ0n) is 13.4. The molecule has 0 aliphatic carbocycles. The van der Waals surface area contributed by atoms with Gasteiger partial charge in [-0.25, -0.2) is 4.39 Å². The second-order valence-corrected chi connectivity index (χ2v) is 6.20. The van der Waals surface area contributed by atoms with Crippen molar-refractivity contribution >= 4 is 16.8 Å². The lowest BCUT2D eigenvalue weighted by atomic mass is 9.99. The lowest BCUT2D eigenvalue weighted by Crippen LogP contribution is -2.36. The molecule has 1 aliphatic rings. The molecule has 3 nitrogen and oxygen atoms in total. The highest BCUT2D eigenvalue weighted by molar-refractivity contribution is 5.98. The summed E-state index contributed by atoms with van der Waals surface area (Å²) < 4.78 is 13.5. The summed E-state index contributed by atoms with van der Waals surface area (Å²) in [6.45, 7) is 3.13. The van der Waals surface area contributed by atoms with Crippen molar-refractivity contribution in [2.75, 3.05) is 6.54 Å². The molecule has 0 saturated heterocycles. The minimum absolute atomic E-state index is 0.0411. The van der Waals surface area contributed by atoms with E-state index in [4.69, 9.17) is 0 Å². The van der Waals surface area contributed by atoms with E-state index >= 15 is 0 Å². The van der Waals surface area contributed by atoms with E-state index in [1.807, 2.05) is 24.0 Å². The summed E-state index contributed by atoms with van der Waals surface area (Å²) in [4.78, 5) is 19.3. The number of hydrogen-bond acceptors (Lipinski definition) is 2. The average Bonchev–Trinajstić information content (AvgIpc) is 2.60. The molecule has 1 aliphatic heterocycles. The Balaban J connectivity index is 1.70. The molecule has 3 aromatic rings. The predicted molar refractivity (Wildman–Crippen MR) is 91.3 cm³/mol. The highest BCUT2D eigenvalue weighted by Crippen LogP contribution is 2.23. The third-order valence-corrected chi connectivity index (χ3v) is 4.62. The van der Waals surface area contributed by atoms with E-state index in [0.29, 0.717) is 35.2 Å². The van der Waals surface area contributed by atoms with Crippen molar-refractivity contribution in [1.29, 1.82) is 0 Å². The fourth-order valence-electron chi connectivity index (χ4n) is 3.30. The monoisotopic (exact) mass is 320 g/mol. The zero-order valence-corrected chi connectivity index (χ0v) is 13.4. The van der Waals surface area contributed by atoms with Gasteiger partial charge in [0.2, 0.25) is 0 Å². The van der Waals surface area contributed by atoms with Crippen LogP contribution < -0.4 is 0 Å². The van der Waals surface area contributed by atoms with Crippen molar-refractivity contribution in [2.24, 2.45) is 0 Å². The molecule has 0 unspecified atom stereocenters. The lowest BCUT2D eigenvalue weighted by molar-refractivity contribution is 0.0733. The number of nitrogens with zero attached hydrogens (tertiary/aromatic N) is 2. The van der Waals surface area contributed by atoms with E-state index < -0.39 is 0 Å². The van der Waals surface area contributed by atoms with E-state index in [1.54, 1.807) is 12.1 Å². The number of pyridine rings is 1. The summed E-state index contributed by atoms with van der Waals surface area (Å²) in [6.07, 6.45) is 0.858. The number of carbonyl (C=O) groups excluding carboxylic acids is 1. The van der Waals surface area contributed by atoms with E-state index in [2.05, 4.69) is 17.1 Å². The standard InChI is InChI=1S/C20H17FN2O/c1-13-18(11-16-10-17(21)6-7-19(16)22-13)20(24)23-9-8-14-4-2-3-5-15(14)12-23/h2-7,10-11H,8-9,12H2,1H3. The van der Waals surface area contributed by atoms with Crippen molar-refractivity contribution in [3.8, 4) is 0 Å². The van der Waals surface area contributed by atoms with E-state index in [-0.39, 0.29) is 11.7 Å². The molecule has 1 aromatic heterocycles. The first kappa shape index (κ1) is 14.8. The van der Waals surface area contributed by atoms with Crippen LogP contribution in [0.5, 0.6) is 0 Å². The molecule has 1 amide bonds. The van der Waals surface area contributed by atoms with Gasteiger partial charge >= 0.3 is 0 Å². The molecule has 2 aromatic carbocycles. The van der Waals surface area contributed by atoms with Gasteiger partial charge in [0.15, 0.2) is 0 Å². The molecular weight excluding hydrogens is 303 g/mol. The molecule has 0 N–H and O–H groups in total. The quantitative estimate of drug-likeness (QED) is 0.682. The maximum Gasteiger partial charge on any atom is 0.256 e. The first-order valence-electron chi connectivity index (χ1n) is 8.05. The summed E-state index contributed by atoms with van der Waals surface area (Å²) in [5.74, 6) is -0.362. The molecule has 120 valence electrons. The van der Waals surface area contributed by atoms with E-state index in [9.17, 15) is 9.18 Å². The Morgan fingerprint density at radius 2 is 1.92 bits per heavy atom. The minimum atomic E-state index is -0.321. The summed E-state index contributed by atoms with van der Waals surface area (Å²) in [5, 5.41) is 0.654. The highest BCUT2D eigenvalue weighted by atomic mass is 19.1. The second-order valence-electron chi connectivity index (χ2n) is 6.20. The number of rotatable bonds is 1. The number of aryl methyl sites for hydroxylation is 1. The van der Waals surface area contributed by atoms with Crippen molar-refractivity contribution in [2.45, 2.75) is 19.9 Å². The van der Waals surface area contributed by atoms with Gasteiger partial charge in [0.1, 0.15) is 5.82 Å².